The molecular weight excluding hydrogens is 472 g/mol. The summed E-state index contributed by atoms with van der Waals surface area (Å²) in [7, 11) is -3.75. The molecule has 0 bridgehead atoms. The van der Waals surface area contributed by atoms with Crippen molar-refractivity contribution >= 4 is 38.1 Å². The molecule has 0 unspecified atom stereocenters. The Morgan fingerprint density at radius 1 is 1.14 bits per heavy atom. The molecule has 6 heterocycles. The summed E-state index contributed by atoms with van der Waals surface area (Å²) in [5.74, 6) is 0.254. The minimum atomic E-state index is -3.75. The second-order valence-electron chi connectivity index (χ2n) is 8.23. The number of carbonyl (C=O) groups excluding carboxylic acids is 1. The maximum atomic E-state index is 13.6. The second kappa shape index (κ2) is 8.03. The van der Waals surface area contributed by atoms with Crippen molar-refractivity contribution in [1.82, 2.24) is 29.3 Å². The van der Waals surface area contributed by atoms with Crippen LogP contribution in [0.1, 0.15) is 16.1 Å². The van der Waals surface area contributed by atoms with Gasteiger partial charge in [-0.25, -0.2) is 18.4 Å². The fraction of sp³-hybridized carbons (Fsp3) is 0.217. The van der Waals surface area contributed by atoms with Crippen LogP contribution >= 0.6 is 0 Å². The SMILES string of the molecule is Cc1noc2nc(-c3ccco3)cc(C(=O)N3CCN(S(=O)(=O)c4c[nH]c5ncccc45)CC3)c12. The van der Waals surface area contributed by atoms with Crippen LogP contribution < -0.4 is 0 Å². The van der Waals surface area contributed by atoms with Crippen molar-refractivity contribution in [3.8, 4) is 11.5 Å². The number of nitrogens with one attached hydrogen (secondary N) is 1. The van der Waals surface area contributed by atoms with Gasteiger partial charge in [-0.1, -0.05) is 5.16 Å². The summed E-state index contributed by atoms with van der Waals surface area (Å²) < 4.78 is 38.8. The maximum Gasteiger partial charge on any atom is 0.259 e. The van der Waals surface area contributed by atoms with Gasteiger partial charge in [0.25, 0.3) is 11.6 Å². The molecule has 0 aromatic carbocycles. The molecule has 1 fully saturated rings. The minimum Gasteiger partial charge on any atom is -0.463 e. The number of aromatic amines is 1. The van der Waals surface area contributed by atoms with Crippen molar-refractivity contribution < 1.29 is 22.2 Å². The number of hydrogen-bond donors (Lipinski definition) is 1. The van der Waals surface area contributed by atoms with Crippen molar-refractivity contribution in [2.24, 2.45) is 0 Å². The number of furan rings is 1. The predicted molar refractivity (Wildman–Crippen MR) is 125 cm³/mol. The zero-order chi connectivity index (χ0) is 24.2. The van der Waals surface area contributed by atoms with Crippen molar-refractivity contribution in [3.05, 3.63) is 60.2 Å². The van der Waals surface area contributed by atoms with Gasteiger partial charge in [0.15, 0.2) is 5.76 Å². The molecule has 178 valence electrons. The summed E-state index contributed by atoms with van der Waals surface area (Å²) in [6.07, 6.45) is 4.59. The van der Waals surface area contributed by atoms with Crippen molar-refractivity contribution in [2.75, 3.05) is 26.2 Å². The Hall–Kier alpha value is -4.03. The van der Waals surface area contributed by atoms with Crippen LogP contribution in [0.4, 0.5) is 0 Å². The third-order valence-electron chi connectivity index (χ3n) is 6.18. The fourth-order valence-electron chi connectivity index (χ4n) is 4.40. The van der Waals surface area contributed by atoms with Crippen LogP contribution in [-0.4, -0.2) is 69.8 Å². The van der Waals surface area contributed by atoms with Crippen LogP contribution in [0, 0.1) is 6.92 Å². The fourth-order valence-corrected chi connectivity index (χ4v) is 5.97. The number of pyridine rings is 2. The number of nitrogens with zero attached hydrogens (tertiary/aromatic N) is 5. The largest absolute Gasteiger partial charge is 0.463 e. The van der Waals surface area contributed by atoms with E-state index < -0.39 is 10.0 Å². The highest BCUT2D eigenvalue weighted by molar-refractivity contribution is 7.89. The van der Waals surface area contributed by atoms with E-state index in [1.807, 2.05) is 0 Å². The number of sulfonamides is 1. The highest BCUT2D eigenvalue weighted by Crippen LogP contribution is 2.29. The monoisotopic (exact) mass is 492 g/mol. The van der Waals surface area contributed by atoms with E-state index in [1.165, 1.54) is 16.8 Å². The summed E-state index contributed by atoms with van der Waals surface area (Å²) in [4.78, 5) is 26.9. The van der Waals surface area contributed by atoms with Gasteiger partial charge in [0.2, 0.25) is 10.0 Å². The van der Waals surface area contributed by atoms with Crippen LogP contribution in [0.25, 0.3) is 33.6 Å². The van der Waals surface area contributed by atoms with Crippen LogP contribution in [0.2, 0.25) is 0 Å². The summed E-state index contributed by atoms with van der Waals surface area (Å²) >= 11 is 0. The molecule has 1 N–H and O–H groups in total. The van der Waals surface area contributed by atoms with Gasteiger partial charge in [-0.05, 0) is 37.3 Å². The van der Waals surface area contributed by atoms with Gasteiger partial charge >= 0.3 is 0 Å². The Balaban J connectivity index is 1.27. The second-order valence-corrected chi connectivity index (χ2v) is 10.1. The Kier molecular flexibility index (Phi) is 4.93. The van der Waals surface area contributed by atoms with Crippen molar-refractivity contribution in [3.63, 3.8) is 0 Å². The van der Waals surface area contributed by atoms with E-state index >= 15 is 0 Å². The molecule has 0 atom stereocenters. The summed E-state index contributed by atoms with van der Waals surface area (Å²) in [5, 5.41) is 5.04. The molecular formula is C23H20N6O5S. The van der Waals surface area contributed by atoms with E-state index in [4.69, 9.17) is 8.94 Å². The lowest BCUT2D eigenvalue weighted by Gasteiger charge is -2.34. The molecule has 0 radical (unpaired) electrons. The third-order valence-corrected chi connectivity index (χ3v) is 8.12. The zero-order valence-electron chi connectivity index (χ0n) is 18.6. The van der Waals surface area contributed by atoms with Gasteiger partial charge in [0, 0.05) is 44.0 Å². The Bertz CT molecular complexity index is 1660. The van der Waals surface area contributed by atoms with Crippen LogP contribution in [0.15, 0.2) is 62.8 Å². The first-order valence-electron chi connectivity index (χ1n) is 11.0. The number of carbonyl (C=O) groups is 1. The lowest BCUT2D eigenvalue weighted by atomic mass is 10.1. The molecule has 11 nitrogen and oxygen atoms in total. The summed E-state index contributed by atoms with van der Waals surface area (Å²) in [6.45, 7) is 2.56. The van der Waals surface area contributed by atoms with Gasteiger partial charge in [-0.15, -0.1) is 0 Å². The van der Waals surface area contributed by atoms with Crippen LogP contribution in [-0.2, 0) is 10.0 Å². The number of amides is 1. The molecule has 12 heteroatoms. The highest BCUT2D eigenvalue weighted by atomic mass is 32.2. The lowest BCUT2D eigenvalue weighted by Crippen LogP contribution is -2.50. The van der Waals surface area contributed by atoms with Gasteiger partial charge in [-0.3, -0.25) is 4.79 Å². The van der Waals surface area contributed by atoms with Gasteiger partial charge < -0.3 is 18.8 Å². The molecule has 5 aromatic rings. The highest BCUT2D eigenvalue weighted by Gasteiger charge is 2.33. The van der Waals surface area contributed by atoms with E-state index in [9.17, 15) is 13.2 Å². The van der Waals surface area contributed by atoms with Crippen LogP contribution in [0.3, 0.4) is 0 Å². The molecule has 0 saturated carbocycles. The van der Waals surface area contributed by atoms with Gasteiger partial charge in [0.05, 0.1) is 22.9 Å². The standard InChI is InChI=1S/C23H20N6O5S/c1-14-20-16(12-17(18-5-3-11-33-18)26-22(20)34-27-14)23(30)28-7-9-29(10-8-28)35(31,32)19-13-25-21-15(19)4-2-6-24-21/h2-6,11-13H,7-10H2,1H3,(H,24,25). The van der Waals surface area contributed by atoms with Gasteiger partial charge in [-0.2, -0.15) is 4.31 Å². The molecule has 1 aliphatic heterocycles. The number of piperazine rings is 1. The minimum absolute atomic E-state index is 0.170. The van der Waals surface area contributed by atoms with E-state index in [1.54, 1.807) is 48.4 Å². The average Bonchev–Trinajstić information content (AvgIpc) is 3.63. The van der Waals surface area contributed by atoms with Gasteiger partial charge in [0.1, 0.15) is 16.2 Å². The summed E-state index contributed by atoms with van der Waals surface area (Å²) in [5.41, 5.74) is 2.15. The summed E-state index contributed by atoms with van der Waals surface area (Å²) in [6, 6.07) is 8.56. The maximum absolute atomic E-state index is 13.6. The van der Waals surface area contributed by atoms with E-state index in [0.717, 1.165) is 0 Å². The average molecular weight is 493 g/mol. The third kappa shape index (κ3) is 3.49. The first-order valence-corrected chi connectivity index (χ1v) is 12.4. The van der Waals surface area contributed by atoms with E-state index in [0.29, 0.717) is 39.1 Å². The molecule has 35 heavy (non-hydrogen) atoms. The molecule has 0 spiro atoms. The Morgan fingerprint density at radius 3 is 2.74 bits per heavy atom. The number of fused-ring (bicyclic) bond motifs is 2. The molecule has 1 aliphatic rings. The topological polar surface area (TPSA) is 138 Å². The number of H-pyrrole nitrogens is 1. The number of aryl methyl sites for hydroxylation is 1. The van der Waals surface area contributed by atoms with Crippen molar-refractivity contribution in [1.29, 1.82) is 0 Å². The van der Waals surface area contributed by atoms with E-state index in [2.05, 4.69) is 20.1 Å². The quantitative estimate of drug-likeness (QED) is 0.404. The first-order chi connectivity index (χ1) is 16.9. The number of aromatic nitrogens is 4. The zero-order valence-corrected chi connectivity index (χ0v) is 19.4. The van der Waals surface area contributed by atoms with Crippen LogP contribution in [0.5, 0.6) is 0 Å². The normalized spacial score (nSPS) is 15.3. The molecule has 6 rings (SSSR count). The van der Waals surface area contributed by atoms with E-state index in [-0.39, 0.29) is 42.7 Å². The number of hydrogen-bond acceptors (Lipinski definition) is 8. The molecule has 0 aliphatic carbocycles. The molecule has 5 aromatic heterocycles. The lowest BCUT2D eigenvalue weighted by molar-refractivity contribution is 0.0700. The predicted octanol–water partition coefficient (Wildman–Crippen LogP) is 2.81. The first kappa shape index (κ1) is 21.5. The van der Waals surface area contributed by atoms with Crippen molar-refractivity contribution in [2.45, 2.75) is 11.8 Å². The Morgan fingerprint density at radius 2 is 1.97 bits per heavy atom. The molecule has 1 amide bonds. The smallest absolute Gasteiger partial charge is 0.259 e. The number of rotatable bonds is 4. The Labute approximate surface area is 199 Å². The molecule has 1 saturated heterocycles.